The van der Waals surface area contributed by atoms with Crippen LogP contribution in [0.4, 0.5) is 0 Å². The van der Waals surface area contributed by atoms with Gasteiger partial charge in [-0.15, -0.1) is 0 Å². The van der Waals surface area contributed by atoms with E-state index >= 15 is 0 Å². The first kappa shape index (κ1) is 14.7. The third-order valence-corrected chi connectivity index (χ3v) is 3.22. The fourth-order valence-corrected chi connectivity index (χ4v) is 2.14. The van der Waals surface area contributed by atoms with E-state index in [1.807, 2.05) is 0 Å². The summed E-state index contributed by atoms with van der Waals surface area (Å²) >= 11 is 5.85. The van der Waals surface area contributed by atoms with Crippen LogP contribution in [0.15, 0.2) is 18.3 Å². The Kier molecular flexibility index (Phi) is 4.92. The molecular weight excluding hydrogens is 284 g/mol. The largest absolute Gasteiger partial charge is 0.469 e. The monoisotopic (exact) mass is 298 g/mol. The van der Waals surface area contributed by atoms with Crippen molar-refractivity contribution in [1.29, 1.82) is 0 Å². The topological polar surface area (TPSA) is 68.7 Å². The summed E-state index contributed by atoms with van der Waals surface area (Å²) in [6.45, 7) is 1.18. The fraction of sp³-hybridized carbons (Fsp3) is 0.462. The van der Waals surface area contributed by atoms with Gasteiger partial charge in [-0.3, -0.25) is 14.6 Å². The predicted octanol–water partition coefficient (Wildman–Crippen LogP) is 1.14. The van der Waals surface area contributed by atoms with Gasteiger partial charge in [-0.1, -0.05) is 11.6 Å². The number of halogens is 1. The summed E-state index contributed by atoms with van der Waals surface area (Å²) in [5, 5.41) is 0.461. The van der Waals surface area contributed by atoms with Crippen molar-refractivity contribution in [2.24, 2.45) is 0 Å². The summed E-state index contributed by atoms with van der Waals surface area (Å²) in [6, 6.07) is 3.13. The highest BCUT2D eigenvalue weighted by Crippen LogP contribution is 2.14. The number of carbonyl (C=O) groups is 2. The lowest BCUT2D eigenvalue weighted by Gasteiger charge is -2.32. The quantitative estimate of drug-likeness (QED) is 0.783. The van der Waals surface area contributed by atoms with E-state index in [9.17, 15) is 9.59 Å². The highest BCUT2D eigenvalue weighted by atomic mass is 35.5. The van der Waals surface area contributed by atoms with Gasteiger partial charge in [0.1, 0.15) is 5.69 Å². The van der Waals surface area contributed by atoms with E-state index in [0.29, 0.717) is 24.7 Å². The molecule has 1 fully saturated rings. The minimum absolute atomic E-state index is 0.128. The summed E-state index contributed by atoms with van der Waals surface area (Å²) in [6.07, 6.45) is 1.27. The molecule has 1 amide bonds. The van der Waals surface area contributed by atoms with Crippen LogP contribution >= 0.6 is 11.6 Å². The number of hydrogen-bond donors (Lipinski definition) is 0. The minimum atomic E-state index is -0.356. The van der Waals surface area contributed by atoms with E-state index < -0.39 is 0 Å². The van der Waals surface area contributed by atoms with Crippen LogP contribution in [0.2, 0.25) is 5.02 Å². The Hall–Kier alpha value is -1.66. The summed E-state index contributed by atoms with van der Waals surface area (Å²) < 4.78 is 10.0. The number of methoxy groups -OCH3 is 1. The molecule has 1 saturated heterocycles. The summed E-state index contributed by atoms with van der Waals surface area (Å²) in [7, 11) is 1.32. The number of pyridine rings is 1. The van der Waals surface area contributed by atoms with Gasteiger partial charge in [0.05, 0.1) is 26.2 Å². The lowest BCUT2D eigenvalue weighted by atomic mass is 10.2. The number of rotatable bonds is 3. The number of carbonyl (C=O) groups excluding carboxylic acids is 2. The average molecular weight is 299 g/mol. The van der Waals surface area contributed by atoms with Crippen molar-refractivity contribution < 1.29 is 19.1 Å². The number of hydrogen-bond acceptors (Lipinski definition) is 5. The molecule has 2 rings (SSSR count). The Morgan fingerprint density at radius 3 is 3.10 bits per heavy atom. The predicted molar refractivity (Wildman–Crippen MR) is 71.5 cm³/mol. The van der Waals surface area contributed by atoms with E-state index in [1.165, 1.54) is 19.4 Å². The zero-order valence-corrected chi connectivity index (χ0v) is 11.8. The molecule has 108 valence electrons. The van der Waals surface area contributed by atoms with E-state index in [4.69, 9.17) is 16.3 Å². The zero-order chi connectivity index (χ0) is 14.5. The van der Waals surface area contributed by atoms with Gasteiger partial charge in [0, 0.05) is 24.3 Å². The molecule has 1 atom stereocenters. The first-order valence-electron chi connectivity index (χ1n) is 6.19. The fourth-order valence-electron chi connectivity index (χ4n) is 1.98. The van der Waals surface area contributed by atoms with Crippen LogP contribution in [0.25, 0.3) is 0 Å². The van der Waals surface area contributed by atoms with Crippen molar-refractivity contribution in [3.63, 3.8) is 0 Å². The normalized spacial score (nSPS) is 18.7. The van der Waals surface area contributed by atoms with Gasteiger partial charge in [-0.25, -0.2) is 0 Å². The maximum atomic E-state index is 12.3. The standard InChI is InChI=1S/C13H15ClN2O4/c1-19-12(17)7-10-8-16(4-5-20-10)13(18)11-6-9(14)2-3-15-11/h2-3,6,10H,4-5,7-8H2,1H3. The third kappa shape index (κ3) is 3.68. The second-order valence-corrected chi connectivity index (χ2v) is 4.82. The van der Waals surface area contributed by atoms with Crippen LogP contribution in [-0.2, 0) is 14.3 Å². The molecule has 0 saturated carbocycles. The van der Waals surface area contributed by atoms with Crippen LogP contribution in [0, 0.1) is 0 Å². The Balaban J connectivity index is 2.01. The van der Waals surface area contributed by atoms with Crippen molar-refractivity contribution in [3.8, 4) is 0 Å². The van der Waals surface area contributed by atoms with Crippen molar-refractivity contribution in [3.05, 3.63) is 29.0 Å². The molecule has 1 unspecified atom stereocenters. The van der Waals surface area contributed by atoms with Crippen molar-refractivity contribution >= 4 is 23.5 Å². The molecule has 6 nitrogen and oxygen atoms in total. The number of morpholine rings is 1. The molecule has 1 aliphatic heterocycles. The summed E-state index contributed by atoms with van der Waals surface area (Å²) in [4.78, 5) is 29.1. The van der Waals surface area contributed by atoms with Gasteiger partial charge in [0.25, 0.3) is 5.91 Å². The highest BCUT2D eigenvalue weighted by Gasteiger charge is 2.27. The first-order chi connectivity index (χ1) is 9.60. The van der Waals surface area contributed by atoms with Gasteiger partial charge in [-0.2, -0.15) is 0 Å². The molecule has 1 aromatic heterocycles. The first-order valence-corrected chi connectivity index (χ1v) is 6.57. The van der Waals surface area contributed by atoms with Gasteiger partial charge >= 0.3 is 5.97 Å². The number of amides is 1. The Bertz CT molecular complexity index is 509. The maximum absolute atomic E-state index is 12.3. The Morgan fingerprint density at radius 2 is 2.40 bits per heavy atom. The van der Waals surface area contributed by atoms with Crippen molar-refractivity contribution in [1.82, 2.24) is 9.88 Å². The van der Waals surface area contributed by atoms with E-state index in [0.717, 1.165) is 0 Å². The van der Waals surface area contributed by atoms with Crippen molar-refractivity contribution in [2.45, 2.75) is 12.5 Å². The zero-order valence-electron chi connectivity index (χ0n) is 11.0. The number of esters is 1. The summed E-state index contributed by atoms with van der Waals surface area (Å²) in [5.74, 6) is -0.573. The van der Waals surface area contributed by atoms with Crippen LogP contribution < -0.4 is 0 Å². The average Bonchev–Trinajstić information content (AvgIpc) is 2.46. The number of nitrogens with zero attached hydrogens (tertiary/aromatic N) is 2. The molecule has 0 aliphatic carbocycles. The molecule has 0 bridgehead atoms. The van der Waals surface area contributed by atoms with Gasteiger partial charge in [-0.05, 0) is 12.1 Å². The van der Waals surface area contributed by atoms with Crippen LogP contribution in [0.5, 0.6) is 0 Å². The molecule has 20 heavy (non-hydrogen) atoms. The smallest absolute Gasteiger partial charge is 0.308 e. The maximum Gasteiger partial charge on any atom is 0.308 e. The van der Waals surface area contributed by atoms with Crippen LogP contribution in [-0.4, -0.2) is 54.7 Å². The van der Waals surface area contributed by atoms with E-state index in [2.05, 4.69) is 9.72 Å². The van der Waals surface area contributed by atoms with Crippen LogP contribution in [0.3, 0.4) is 0 Å². The summed E-state index contributed by atoms with van der Waals surface area (Å²) in [5.41, 5.74) is 0.288. The molecular formula is C13H15ClN2O4. The number of ether oxygens (including phenoxy) is 2. The molecule has 1 aromatic rings. The molecule has 0 aromatic carbocycles. The lowest BCUT2D eigenvalue weighted by Crippen LogP contribution is -2.46. The van der Waals surface area contributed by atoms with Gasteiger partial charge in [0.2, 0.25) is 0 Å². The van der Waals surface area contributed by atoms with Gasteiger partial charge in [0.15, 0.2) is 0 Å². The minimum Gasteiger partial charge on any atom is -0.469 e. The molecule has 2 heterocycles. The van der Waals surface area contributed by atoms with Crippen molar-refractivity contribution in [2.75, 3.05) is 26.8 Å². The Labute approximate surface area is 121 Å². The second kappa shape index (κ2) is 6.67. The van der Waals surface area contributed by atoms with Crippen LogP contribution in [0.1, 0.15) is 16.9 Å². The SMILES string of the molecule is COC(=O)CC1CN(C(=O)c2cc(Cl)ccn2)CCO1. The Morgan fingerprint density at radius 1 is 1.60 bits per heavy atom. The molecule has 0 spiro atoms. The van der Waals surface area contributed by atoms with E-state index in [-0.39, 0.29) is 30.1 Å². The van der Waals surface area contributed by atoms with Gasteiger partial charge < -0.3 is 14.4 Å². The highest BCUT2D eigenvalue weighted by molar-refractivity contribution is 6.30. The molecule has 0 radical (unpaired) electrons. The second-order valence-electron chi connectivity index (χ2n) is 4.38. The lowest BCUT2D eigenvalue weighted by molar-refractivity contribution is -0.145. The molecule has 7 heteroatoms. The third-order valence-electron chi connectivity index (χ3n) is 2.99. The number of aromatic nitrogens is 1. The molecule has 0 N–H and O–H groups in total. The van der Waals surface area contributed by atoms with E-state index in [1.54, 1.807) is 11.0 Å². The molecule has 1 aliphatic rings.